The van der Waals surface area contributed by atoms with Crippen molar-refractivity contribution in [2.24, 2.45) is 5.92 Å². The third kappa shape index (κ3) is 5.88. The van der Waals surface area contributed by atoms with Gasteiger partial charge in [0.25, 0.3) is 0 Å². The van der Waals surface area contributed by atoms with Gasteiger partial charge >= 0.3 is 0 Å². The predicted octanol–water partition coefficient (Wildman–Crippen LogP) is 3.85. The molecule has 21 heavy (non-hydrogen) atoms. The first-order valence-corrected chi connectivity index (χ1v) is 8.19. The lowest BCUT2D eigenvalue weighted by Gasteiger charge is -2.14. The number of rotatable bonds is 8. The third-order valence-corrected chi connectivity index (χ3v) is 4.23. The lowest BCUT2D eigenvalue weighted by molar-refractivity contribution is -0.122. The molecular formula is C18H27NO2. The van der Waals surface area contributed by atoms with E-state index in [0.29, 0.717) is 25.5 Å². The van der Waals surface area contributed by atoms with Crippen LogP contribution in [0.15, 0.2) is 30.3 Å². The fourth-order valence-corrected chi connectivity index (χ4v) is 2.93. The van der Waals surface area contributed by atoms with Crippen molar-refractivity contribution < 1.29 is 9.53 Å². The number of hydrogen-bond donors (Lipinski definition) is 1. The second-order valence-electron chi connectivity index (χ2n) is 5.98. The van der Waals surface area contributed by atoms with E-state index in [1.54, 1.807) is 0 Å². The van der Waals surface area contributed by atoms with Gasteiger partial charge in [0.15, 0.2) is 0 Å². The van der Waals surface area contributed by atoms with Crippen molar-refractivity contribution in [3.63, 3.8) is 0 Å². The highest BCUT2D eigenvalue weighted by atomic mass is 16.5. The van der Waals surface area contributed by atoms with Crippen LogP contribution in [0.3, 0.4) is 0 Å². The van der Waals surface area contributed by atoms with Gasteiger partial charge in [0.1, 0.15) is 0 Å². The topological polar surface area (TPSA) is 38.3 Å². The first-order chi connectivity index (χ1) is 10.3. The highest BCUT2D eigenvalue weighted by Gasteiger charge is 2.17. The van der Waals surface area contributed by atoms with Gasteiger partial charge < -0.3 is 10.1 Å². The van der Waals surface area contributed by atoms with Crippen molar-refractivity contribution in [2.75, 3.05) is 13.2 Å². The van der Waals surface area contributed by atoms with E-state index in [0.717, 1.165) is 6.42 Å². The molecule has 1 aliphatic rings. The monoisotopic (exact) mass is 289 g/mol. The van der Waals surface area contributed by atoms with Gasteiger partial charge in [0.2, 0.25) is 5.91 Å². The minimum atomic E-state index is 0.111. The van der Waals surface area contributed by atoms with Gasteiger partial charge in [0, 0.05) is 19.6 Å². The van der Waals surface area contributed by atoms with Gasteiger partial charge in [-0.15, -0.1) is 0 Å². The SMILES string of the molecule is CC(OCCCNC(=O)CC1CCCC1)c1ccccc1. The molecule has 2 rings (SSSR count). The molecule has 116 valence electrons. The van der Waals surface area contributed by atoms with E-state index in [1.807, 2.05) is 18.2 Å². The molecule has 1 amide bonds. The zero-order valence-electron chi connectivity index (χ0n) is 13.0. The zero-order chi connectivity index (χ0) is 14.9. The van der Waals surface area contributed by atoms with Crippen molar-refractivity contribution in [3.05, 3.63) is 35.9 Å². The van der Waals surface area contributed by atoms with Crippen LogP contribution in [0.5, 0.6) is 0 Å². The Morgan fingerprint density at radius 1 is 1.29 bits per heavy atom. The first-order valence-electron chi connectivity index (χ1n) is 8.19. The van der Waals surface area contributed by atoms with Crippen LogP contribution in [-0.4, -0.2) is 19.1 Å². The molecule has 3 nitrogen and oxygen atoms in total. The van der Waals surface area contributed by atoms with Crippen LogP contribution in [0.1, 0.15) is 57.1 Å². The predicted molar refractivity (Wildman–Crippen MR) is 85.0 cm³/mol. The van der Waals surface area contributed by atoms with E-state index in [9.17, 15) is 4.79 Å². The number of benzene rings is 1. The summed E-state index contributed by atoms with van der Waals surface area (Å²) in [5.74, 6) is 0.831. The molecule has 0 aromatic heterocycles. The van der Waals surface area contributed by atoms with Gasteiger partial charge in [0.05, 0.1) is 6.10 Å². The smallest absolute Gasteiger partial charge is 0.220 e. The molecule has 1 saturated carbocycles. The Bertz CT molecular complexity index is 412. The second kappa shape index (κ2) is 8.83. The summed E-state index contributed by atoms with van der Waals surface area (Å²) in [4.78, 5) is 11.8. The molecule has 0 saturated heterocycles. The van der Waals surface area contributed by atoms with Crippen LogP contribution < -0.4 is 5.32 Å². The van der Waals surface area contributed by atoms with Gasteiger partial charge in [-0.1, -0.05) is 43.2 Å². The molecule has 1 aromatic rings. The summed E-state index contributed by atoms with van der Waals surface area (Å²) in [5, 5.41) is 3.00. The number of hydrogen-bond acceptors (Lipinski definition) is 2. The van der Waals surface area contributed by atoms with E-state index < -0.39 is 0 Å². The fourth-order valence-electron chi connectivity index (χ4n) is 2.93. The number of ether oxygens (including phenoxy) is 1. The highest BCUT2D eigenvalue weighted by Crippen LogP contribution is 2.27. The van der Waals surface area contributed by atoms with Crippen LogP contribution in [-0.2, 0) is 9.53 Å². The van der Waals surface area contributed by atoms with E-state index in [1.165, 1.54) is 31.2 Å². The first kappa shape index (κ1) is 16.0. The minimum Gasteiger partial charge on any atom is -0.374 e. The van der Waals surface area contributed by atoms with Crippen LogP contribution in [0.2, 0.25) is 0 Å². The van der Waals surface area contributed by atoms with Crippen LogP contribution in [0.4, 0.5) is 0 Å². The van der Waals surface area contributed by atoms with Crippen molar-refractivity contribution in [2.45, 2.75) is 51.6 Å². The molecular weight excluding hydrogens is 262 g/mol. The fraction of sp³-hybridized carbons (Fsp3) is 0.611. The van der Waals surface area contributed by atoms with Crippen molar-refractivity contribution in [3.8, 4) is 0 Å². The summed E-state index contributed by atoms with van der Waals surface area (Å²) in [6.45, 7) is 3.46. The Morgan fingerprint density at radius 2 is 2.00 bits per heavy atom. The van der Waals surface area contributed by atoms with E-state index in [-0.39, 0.29) is 12.0 Å². The lowest BCUT2D eigenvalue weighted by Crippen LogP contribution is -2.26. The molecule has 3 heteroatoms. The van der Waals surface area contributed by atoms with Crippen LogP contribution in [0, 0.1) is 5.92 Å². The molecule has 0 bridgehead atoms. The highest BCUT2D eigenvalue weighted by molar-refractivity contribution is 5.76. The Hall–Kier alpha value is -1.35. The largest absolute Gasteiger partial charge is 0.374 e. The Balaban J connectivity index is 1.52. The van der Waals surface area contributed by atoms with Crippen molar-refractivity contribution in [1.29, 1.82) is 0 Å². The average molecular weight is 289 g/mol. The molecule has 1 unspecified atom stereocenters. The summed E-state index contributed by atoms with van der Waals surface area (Å²) in [6.07, 6.45) is 6.73. The average Bonchev–Trinajstić information content (AvgIpc) is 3.00. The van der Waals surface area contributed by atoms with Gasteiger partial charge in [-0.05, 0) is 37.7 Å². The van der Waals surface area contributed by atoms with Gasteiger partial charge in [-0.3, -0.25) is 4.79 Å². The zero-order valence-corrected chi connectivity index (χ0v) is 13.0. The number of amides is 1. The quantitative estimate of drug-likeness (QED) is 0.738. The maximum absolute atomic E-state index is 11.8. The van der Waals surface area contributed by atoms with E-state index in [2.05, 4.69) is 24.4 Å². The van der Waals surface area contributed by atoms with Gasteiger partial charge in [-0.2, -0.15) is 0 Å². The minimum absolute atomic E-state index is 0.111. The summed E-state index contributed by atoms with van der Waals surface area (Å²) in [6, 6.07) is 10.2. The molecule has 1 fully saturated rings. The van der Waals surface area contributed by atoms with Crippen molar-refractivity contribution in [1.82, 2.24) is 5.32 Å². The summed E-state index contributed by atoms with van der Waals surface area (Å²) in [7, 11) is 0. The summed E-state index contributed by atoms with van der Waals surface area (Å²) in [5.41, 5.74) is 1.20. The Labute approximate surface area is 128 Å². The molecule has 1 aromatic carbocycles. The second-order valence-corrected chi connectivity index (χ2v) is 5.98. The molecule has 1 atom stereocenters. The molecule has 0 spiro atoms. The number of nitrogens with one attached hydrogen (secondary N) is 1. The number of carbonyl (C=O) groups excluding carboxylic acids is 1. The Kier molecular flexibility index (Phi) is 6.74. The normalized spacial score (nSPS) is 16.8. The maximum Gasteiger partial charge on any atom is 0.220 e. The van der Waals surface area contributed by atoms with E-state index in [4.69, 9.17) is 4.74 Å². The molecule has 1 aliphatic carbocycles. The standard InChI is InChI=1S/C18H27NO2/c1-15(17-10-3-2-4-11-17)21-13-7-12-19-18(20)14-16-8-5-6-9-16/h2-4,10-11,15-16H,5-9,12-14H2,1H3,(H,19,20). The van der Waals surface area contributed by atoms with Crippen LogP contribution in [0.25, 0.3) is 0 Å². The molecule has 0 heterocycles. The van der Waals surface area contributed by atoms with Gasteiger partial charge in [-0.25, -0.2) is 0 Å². The molecule has 0 aliphatic heterocycles. The van der Waals surface area contributed by atoms with E-state index >= 15 is 0 Å². The van der Waals surface area contributed by atoms with Crippen LogP contribution >= 0.6 is 0 Å². The Morgan fingerprint density at radius 3 is 2.71 bits per heavy atom. The molecule has 0 radical (unpaired) electrons. The third-order valence-electron chi connectivity index (χ3n) is 4.23. The van der Waals surface area contributed by atoms with Crippen molar-refractivity contribution >= 4 is 5.91 Å². The maximum atomic E-state index is 11.8. The lowest BCUT2D eigenvalue weighted by atomic mass is 10.0. The number of carbonyl (C=O) groups is 1. The summed E-state index contributed by atoms with van der Waals surface area (Å²) >= 11 is 0. The molecule has 1 N–H and O–H groups in total. The summed E-state index contributed by atoms with van der Waals surface area (Å²) < 4.78 is 5.79.